The Morgan fingerprint density at radius 3 is 2.62 bits per heavy atom. The first-order valence-electron chi connectivity index (χ1n) is 8.71. The number of hydrogen-bond acceptors (Lipinski definition) is 7. The molecule has 150 valence electrons. The van der Waals surface area contributed by atoms with Crippen LogP contribution in [0.5, 0.6) is 5.75 Å². The summed E-state index contributed by atoms with van der Waals surface area (Å²) < 4.78 is 15.2. The maximum Gasteiger partial charge on any atom is 0.338 e. The molecule has 0 aliphatic rings. The van der Waals surface area contributed by atoms with Crippen molar-refractivity contribution in [2.75, 3.05) is 19.5 Å². The van der Waals surface area contributed by atoms with Gasteiger partial charge in [0, 0.05) is 11.3 Å². The number of thiocarbonyl (C=S) groups is 1. The summed E-state index contributed by atoms with van der Waals surface area (Å²) in [7, 11) is 2.95. The molecule has 0 amide bonds. The molecule has 9 heteroatoms. The SMILES string of the molecule is COC(=O)c1cccc(NC(=S)NCc2nc(-c3ccc(OC)cc3)no2)c1C. The summed E-state index contributed by atoms with van der Waals surface area (Å²) in [4.78, 5) is 16.2. The van der Waals surface area contributed by atoms with Gasteiger partial charge in [0.25, 0.3) is 0 Å². The Bertz CT molecular complexity index is 1020. The fraction of sp³-hybridized carbons (Fsp3) is 0.200. The lowest BCUT2D eigenvalue weighted by Crippen LogP contribution is -2.28. The number of ether oxygens (including phenoxy) is 2. The molecule has 0 spiro atoms. The van der Waals surface area contributed by atoms with Gasteiger partial charge in [-0.1, -0.05) is 11.2 Å². The highest BCUT2D eigenvalue weighted by molar-refractivity contribution is 7.80. The normalized spacial score (nSPS) is 10.3. The Balaban J connectivity index is 1.60. The van der Waals surface area contributed by atoms with Crippen LogP contribution in [-0.2, 0) is 11.3 Å². The largest absolute Gasteiger partial charge is 0.497 e. The Morgan fingerprint density at radius 2 is 1.93 bits per heavy atom. The van der Waals surface area contributed by atoms with Crippen molar-refractivity contribution in [2.45, 2.75) is 13.5 Å². The molecule has 2 N–H and O–H groups in total. The first kappa shape index (κ1) is 20.3. The van der Waals surface area contributed by atoms with Gasteiger partial charge in [0.05, 0.1) is 26.3 Å². The fourth-order valence-corrected chi connectivity index (χ4v) is 2.79. The van der Waals surface area contributed by atoms with E-state index in [0.29, 0.717) is 28.1 Å². The number of methoxy groups -OCH3 is 2. The van der Waals surface area contributed by atoms with Crippen LogP contribution in [0.2, 0.25) is 0 Å². The molecule has 29 heavy (non-hydrogen) atoms. The Morgan fingerprint density at radius 1 is 1.17 bits per heavy atom. The van der Waals surface area contributed by atoms with E-state index in [4.69, 9.17) is 26.2 Å². The number of nitrogens with one attached hydrogen (secondary N) is 2. The number of nitrogens with zero attached hydrogens (tertiary/aromatic N) is 2. The van der Waals surface area contributed by atoms with Crippen LogP contribution in [0.15, 0.2) is 47.0 Å². The molecule has 0 bridgehead atoms. The summed E-state index contributed by atoms with van der Waals surface area (Å²) in [5.41, 5.74) is 2.73. The number of rotatable bonds is 6. The van der Waals surface area contributed by atoms with Crippen molar-refractivity contribution >= 4 is 29.0 Å². The smallest absolute Gasteiger partial charge is 0.338 e. The van der Waals surface area contributed by atoms with E-state index in [-0.39, 0.29) is 6.54 Å². The van der Waals surface area contributed by atoms with Crippen LogP contribution in [0.25, 0.3) is 11.4 Å². The van der Waals surface area contributed by atoms with E-state index in [9.17, 15) is 4.79 Å². The van der Waals surface area contributed by atoms with Crippen molar-refractivity contribution < 1.29 is 18.8 Å². The maximum atomic E-state index is 11.8. The number of aromatic nitrogens is 2. The Kier molecular flexibility index (Phi) is 6.40. The molecular weight excluding hydrogens is 392 g/mol. The van der Waals surface area contributed by atoms with E-state index in [1.54, 1.807) is 19.2 Å². The third kappa shape index (κ3) is 4.88. The zero-order valence-corrected chi connectivity index (χ0v) is 17.0. The highest BCUT2D eigenvalue weighted by Gasteiger charge is 2.13. The van der Waals surface area contributed by atoms with Crippen molar-refractivity contribution in [3.63, 3.8) is 0 Å². The molecule has 1 heterocycles. The van der Waals surface area contributed by atoms with Crippen LogP contribution >= 0.6 is 12.2 Å². The predicted molar refractivity (Wildman–Crippen MR) is 112 cm³/mol. The fourth-order valence-electron chi connectivity index (χ4n) is 2.61. The van der Waals surface area contributed by atoms with Gasteiger partial charge in [-0.3, -0.25) is 0 Å². The molecule has 3 aromatic rings. The minimum atomic E-state index is -0.401. The number of carbonyl (C=O) groups is 1. The molecule has 0 fully saturated rings. The van der Waals surface area contributed by atoms with Gasteiger partial charge in [-0.05, 0) is 61.1 Å². The molecule has 2 aromatic carbocycles. The molecule has 1 aromatic heterocycles. The molecule has 8 nitrogen and oxygen atoms in total. The standard InChI is InChI=1S/C20H20N4O4S/c1-12-15(19(25)27-3)5-4-6-16(12)22-20(29)21-11-17-23-18(24-28-17)13-7-9-14(26-2)10-8-13/h4-10H,11H2,1-3H3,(H2,21,22,29). The number of benzene rings is 2. The second kappa shape index (κ2) is 9.16. The van der Waals surface area contributed by atoms with Gasteiger partial charge < -0.3 is 24.6 Å². The van der Waals surface area contributed by atoms with Crippen LogP contribution in [0.1, 0.15) is 21.8 Å². The number of hydrogen-bond donors (Lipinski definition) is 2. The quantitative estimate of drug-likeness (QED) is 0.466. The van der Waals surface area contributed by atoms with E-state index in [1.165, 1.54) is 7.11 Å². The summed E-state index contributed by atoms with van der Waals surface area (Å²) in [5.74, 6) is 1.22. The minimum Gasteiger partial charge on any atom is -0.497 e. The van der Waals surface area contributed by atoms with Crippen LogP contribution in [0.3, 0.4) is 0 Å². The average Bonchev–Trinajstić information content (AvgIpc) is 3.22. The monoisotopic (exact) mass is 412 g/mol. The van der Waals surface area contributed by atoms with Crippen molar-refractivity contribution in [1.29, 1.82) is 0 Å². The number of esters is 1. The van der Waals surface area contributed by atoms with E-state index in [0.717, 1.165) is 16.9 Å². The minimum absolute atomic E-state index is 0.255. The van der Waals surface area contributed by atoms with Gasteiger partial charge in [0.1, 0.15) is 5.75 Å². The lowest BCUT2D eigenvalue weighted by molar-refractivity contribution is 0.0600. The van der Waals surface area contributed by atoms with Crippen molar-refractivity contribution in [2.24, 2.45) is 0 Å². The molecule has 3 rings (SSSR count). The Hall–Kier alpha value is -3.46. The summed E-state index contributed by atoms with van der Waals surface area (Å²) >= 11 is 5.32. The van der Waals surface area contributed by atoms with Gasteiger partial charge >= 0.3 is 5.97 Å². The summed E-state index contributed by atoms with van der Waals surface area (Å²) in [6.07, 6.45) is 0. The van der Waals surface area contributed by atoms with Gasteiger partial charge in [0.15, 0.2) is 5.11 Å². The summed E-state index contributed by atoms with van der Waals surface area (Å²) in [5, 5.41) is 10.4. The second-order valence-electron chi connectivity index (χ2n) is 6.02. The topological polar surface area (TPSA) is 98.5 Å². The van der Waals surface area contributed by atoms with Crippen molar-refractivity contribution in [3.05, 3.63) is 59.5 Å². The van der Waals surface area contributed by atoms with Crippen LogP contribution < -0.4 is 15.4 Å². The molecule has 0 aliphatic heterocycles. The third-order valence-corrected chi connectivity index (χ3v) is 4.45. The number of carbonyl (C=O) groups excluding carboxylic acids is 1. The van der Waals surface area contributed by atoms with Crippen molar-refractivity contribution in [1.82, 2.24) is 15.5 Å². The van der Waals surface area contributed by atoms with Crippen molar-refractivity contribution in [3.8, 4) is 17.1 Å². The van der Waals surface area contributed by atoms with E-state index in [2.05, 4.69) is 20.8 Å². The van der Waals surface area contributed by atoms with Crippen LogP contribution in [0.4, 0.5) is 5.69 Å². The second-order valence-corrected chi connectivity index (χ2v) is 6.43. The summed E-state index contributed by atoms with van der Waals surface area (Å²) in [6, 6.07) is 12.6. The Labute approximate surface area is 173 Å². The van der Waals surface area contributed by atoms with Gasteiger partial charge in [-0.25, -0.2) is 4.79 Å². The molecule has 0 radical (unpaired) electrons. The first-order chi connectivity index (χ1) is 14.0. The highest BCUT2D eigenvalue weighted by Crippen LogP contribution is 2.21. The van der Waals surface area contributed by atoms with Crippen LogP contribution in [-0.4, -0.2) is 35.4 Å². The molecule has 0 aliphatic carbocycles. The average molecular weight is 412 g/mol. The molecule has 0 saturated carbocycles. The van der Waals surface area contributed by atoms with Gasteiger partial charge in [-0.15, -0.1) is 0 Å². The van der Waals surface area contributed by atoms with Crippen LogP contribution in [0, 0.1) is 6.92 Å². The third-order valence-electron chi connectivity index (χ3n) is 4.20. The van der Waals surface area contributed by atoms with E-state index >= 15 is 0 Å². The van der Waals surface area contributed by atoms with Gasteiger partial charge in [-0.2, -0.15) is 4.98 Å². The molecule has 0 unspecified atom stereocenters. The zero-order valence-electron chi connectivity index (χ0n) is 16.2. The van der Waals surface area contributed by atoms with Gasteiger partial charge in [0.2, 0.25) is 11.7 Å². The lowest BCUT2D eigenvalue weighted by Gasteiger charge is -2.13. The summed E-state index contributed by atoms with van der Waals surface area (Å²) in [6.45, 7) is 2.07. The molecular formula is C20H20N4O4S. The predicted octanol–water partition coefficient (Wildman–Crippen LogP) is 3.33. The van der Waals surface area contributed by atoms with E-state index in [1.807, 2.05) is 37.3 Å². The number of anilines is 1. The zero-order chi connectivity index (χ0) is 20.8. The molecule has 0 saturated heterocycles. The first-order valence-corrected chi connectivity index (χ1v) is 9.12. The lowest BCUT2D eigenvalue weighted by atomic mass is 10.1. The van der Waals surface area contributed by atoms with E-state index < -0.39 is 5.97 Å². The maximum absolute atomic E-state index is 11.8. The molecule has 0 atom stereocenters. The highest BCUT2D eigenvalue weighted by atomic mass is 32.1.